The van der Waals surface area contributed by atoms with Gasteiger partial charge in [0.05, 0.1) is 0 Å². The van der Waals surface area contributed by atoms with Crippen LogP contribution in [0.15, 0.2) is 0 Å². The summed E-state index contributed by atoms with van der Waals surface area (Å²) >= 11 is 0. The monoisotopic (exact) mass is 293 g/mol. The third-order valence-electron chi connectivity index (χ3n) is 4.64. The van der Waals surface area contributed by atoms with Gasteiger partial charge in [0.2, 0.25) is 5.91 Å². The van der Waals surface area contributed by atoms with Gasteiger partial charge in [0.1, 0.15) is 0 Å². The second kappa shape index (κ2) is 5.52. The Morgan fingerprint density at radius 3 is 2.60 bits per heavy atom. The van der Waals surface area contributed by atoms with Crippen LogP contribution < -0.4 is 5.32 Å². The van der Waals surface area contributed by atoms with E-state index in [1.807, 2.05) is 14.0 Å². The van der Waals surface area contributed by atoms with Crippen LogP contribution >= 0.6 is 0 Å². The highest BCUT2D eigenvalue weighted by molar-refractivity contribution is 5.84. The Morgan fingerprint density at radius 1 is 1.40 bits per heavy atom. The van der Waals surface area contributed by atoms with Crippen LogP contribution in [0.3, 0.4) is 0 Å². The van der Waals surface area contributed by atoms with Crippen molar-refractivity contribution in [1.82, 2.24) is 15.1 Å². The molecule has 1 amide bonds. The molecule has 0 spiro atoms. The fraction of sp³-hybridized carbons (Fsp3) is 0.923. The third-order valence-corrected chi connectivity index (χ3v) is 4.64. The quantitative estimate of drug-likeness (QED) is 0.827. The van der Waals surface area contributed by atoms with Gasteiger partial charge in [0, 0.05) is 32.2 Å². The lowest BCUT2D eigenvalue weighted by atomic mass is 9.84. The number of carbonyl (C=O) groups is 1. The number of amides is 1. The standard InChI is InChI=1S/C13H22F3N3O/c1-3-10-8-19(7-6-18(10)2)11(20)12(13(14,15)16)4-5-17-9-12/h10,17H,3-9H2,1-2H3. The lowest BCUT2D eigenvalue weighted by Gasteiger charge is -2.43. The van der Waals surface area contributed by atoms with E-state index >= 15 is 0 Å². The van der Waals surface area contributed by atoms with E-state index in [2.05, 4.69) is 10.2 Å². The fourth-order valence-electron chi connectivity index (χ4n) is 3.11. The van der Waals surface area contributed by atoms with Crippen molar-refractivity contribution >= 4 is 5.91 Å². The average molecular weight is 293 g/mol. The Labute approximate surface area is 117 Å². The molecule has 0 aromatic heterocycles. The molecule has 2 saturated heterocycles. The van der Waals surface area contributed by atoms with E-state index in [9.17, 15) is 18.0 Å². The van der Waals surface area contributed by atoms with E-state index in [0.717, 1.165) is 6.42 Å². The van der Waals surface area contributed by atoms with Crippen molar-refractivity contribution in [3.8, 4) is 0 Å². The maximum absolute atomic E-state index is 13.4. The molecule has 2 unspecified atom stereocenters. The summed E-state index contributed by atoms with van der Waals surface area (Å²) in [5, 5.41) is 2.70. The minimum Gasteiger partial charge on any atom is -0.339 e. The Morgan fingerprint density at radius 2 is 2.10 bits per heavy atom. The first kappa shape index (κ1) is 15.6. The fourth-order valence-corrected chi connectivity index (χ4v) is 3.11. The van der Waals surface area contributed by atoms with E-state index in [4.69, 9.17) is 0 Å². The van der Waals surface area contributed by atoms with Crippen LogP contribution in [0.5, 0.6) is 0 Å². The Bertz CT molecular complexity index is 366. The summed E-state index contributed by atoms with van der Waals surface area (Å²) in [7, 11) is 1.95. The summed E-state index contributed by atoms with van der Waals surface area (Å²) in [5.74, 6) is -0.749. The summed E-state index contributed by atoms with van der Waals surface area (Å²) in [4.78, 5) is 16.0. The van der Waals surface area contributed by atoms with Gasteiger partial charge in [0.15, 0.2) is 5.41 Å². The predicted octanol–water partition coefficient (Wildman–Crippen LogP) is 1.08. The number of carbonyl (C=O) groups excluding carboxylic acids is 1. The van der Waals surface area contributed by atoms with Crippen LogP contribution in [0.1, 0.15) is 19.8 Å². The number of nitrogens with one attached hydrogen (secondary N) is 1. The van der Waals surface area contributed by atoms with Crippen molar-refractivity contribution in [3.63, 3.8) is 0 Å². The lowest BCUT2D eigenvalue weighted by Crippen LogP contribution is -2.60. The van der Waals surface area contributed by atoms with E-state index < -0.39 is 17.5 Å². The zero-order chi connectivity index (χ0) is 15.0. The summed E-state index contributed by atoms with van der Waals surface area (Å²) in [6, 6.07) is 0.146. The smallest absolute Gasteiger partial charge is 0.339 e. The molecule has 0 bridgehead atoms. The zero-order valence-electron chi connectivity index (χ0n) is 12.0. The van der Waals surface area contributed by atoms with Gasteiger partial charge in [-0.2, -0.15) is 13.2 Å². The molecule has 0 aromatic rings. The minimum atomic E-state index is -4.49. The highest BCUT2D eigenvalue weighted by atomic mass is 19.4. The van der Waals surface area contributed by atoms with Crippen molar-refractivity contribution in [2.45, 2.75) is 32.0 Å². The van der Waals surface area contributed by atoms with Crippen molar-refractivity contribution in [3.05, 3.63) is 0 Å². The third kappa shape index (κ3) is 2.53. The number of alkyl halides is 3. The van der Waals surface area contributed by atoms with E-state index in [-0.39, 0.29) is 25.6 Å². The topological polar surface area (TPSA) is 35.6 Å². The number of likely N-dealkylation sites (N-methyl/N-ethyl adjacent to an activating group) is 1. The molecule has 1 N–H and O–H groups in total. The van der Waals surface area contributed by atoms with E-state index in [1.165, 1.54) is 4.90 Å². The summed E-state index contributed by atoms with van der Waals surface area (Å²) in [6.07, 6.45) is -3.81. The second-order valence-corrected chi connectivity index (χ2v) is 5.80. The van der Waals surface area contributed by atoms with Gasteiger partial charge in [-0.05, 0) is 26.4 Å². The van der Waals surface area contributed by atoms with Crippen LogP contribution in [-0.2, 0) is 4.79 Å². The average Bonchev–Trinajstić information content (AvgIpc) is 2.88. The molecule has 116 valence electrons. The van der Waals surface area contributed by atoms with Gasteiger partial charge in [-0.3, -0.25) is 9.69 Å². The minimum absolute atomic E-state index is 0.146. The summed E-state index contributed by atoms with van der Waals surface area (Å²) in [6.45, 7) is 3.35. The van der Waals surface area contributed by atoms with Crippen LogP contribution in [0.25, 0.3) is 0 Å². The van der Waals surface area contributed by atoms with Gasteiger partial charge in [-0.25, -0.2) is 0 Å². The molecular weight excluding hydrogens is 271 g/mol. The van der Waals surface area contributed by atoms with E-state index in [0.29, 0.717) is 19.6 Å². The molecule has 2 heterocycles. The molecule has 20 heavy (non-hydrogen) atoms. The van der Waals surface area contributed by atoms with Crippen LogP contribution in [0.4, 0.5) is 13.2 Å². The molecule has 2 rings (SSSR count). The van der Waals surface area contributed by atoms with Crippen molar-refractivity contribution in [2.24, 2.45) is 5.41 Å². The predicted molar refractivity (Wildman–Crippen MR) is 69.3 cm³/mol. The number of hydrogen-bond donors (Lipinski definition) is 1. The number of hydrogen-bond acceptors (Lipinski definition) is 3. The van der Waals surface area contributed by atoms with Gasteiger partial charge < -0.3 is 10.2 Å². The Balaban J connectivity index is 2.17. The SMILES string of the molecule is CCC1CN(C(=O)C2(C(F)(F)F)CCNC2)CCN1C. The Kier molecular flexibility index (Phi) is 4.30. The van der Waals surface area contributed by atoms with Gasteiger partial charge in [0.25, 0.3) is 0 Å². The number of halogens is 3. The number of rotatable bonds is 2. The van der Waals surface area contributed by atoms with Crippen LogP contribution in [0, 0.1) is 5.41 Å². The molecule has 0 radical (unpaired) electrons. The molecule has 2 atom stereocenters. The molecule has 2 aliphatic rings. The van der Waals surface area contributed by atoms with Crippen LogP contribution in [0.2, 0.25) is 0 Å². The molecule has 7 heteroatoms. The van der Waals surface area contributed by atoms with Gasteiger partial charge in [-0.15, -0.1) is 0 Å². The molecular formula is C13H22F3N3O. The molecule has 0 aliphatic carbocycles. The summed E-state index contributed by atoms with van der Waals surface area (Å²) < 4.78 is 40.1. The van der Waals surface area contributed by atoms with Gasteiger partial charge >= 0.3 is 6.18 Å². The normalized spacial score (nSPS) is 32.6. The number of piperazine rings is 1. The lowest BCUT2D eigenvalue weighted by molar-refractivity contribution is -0.222. The first-order valence-electron chi connectivity index (χ1n) is 7.09. The number of nitrogens with zero attached hydrogens (tertiary/aromatic N) is 2. The largest absolute Gasteiger partial charge is 0.404 e. The van der Waals surface area contributed by atoms with Crippen molar-refractivity contribution in [1.29, 1.82) is 0 Å². The van der Waals surface area contributed by atoms with Crippen LogP contribution in [-0.4, -0.2) is 67.7 Å². The highest BCUT2D eigenvalue weighted by Gasteiger charge is 2.62. The zero-order valence-corrected chi connectivity index (χ0v) is 12.0. The van der Waals surface area contributed by atoms with Crippen molar-refractivity contribution < 1.29 is 18.0 Å². The maximum Gasteiger partial charge on any atom is 0.404 e. The maximum atomic E-state index is 13.4. The first-order valence-corrected chi connectivity index (χ1v) is 7.09. The van der Waals surface area contributed by atoms with Crippen molar-refractivity contribution in [2.75, 3.05) is 39.8 Å². The molecule has 0 aromatic carbocycles. The Hall–Kier alpha value is -0.820. The van der Waals surface area contributed by atoms with E-state index in [1.54, 1.807) is 0 Å². The molecule has 0 saturated carbocycles. The molecule has 4 nitrogen and oxygen atoms in total. The highest BCUT2D eigenvalue weighted by Crippen LogP contribution is 2.44. The summed E-state index contributed by atoms with van der Waals surface area (Å²) in [5.41, 5.74) is -2.22. The van der Waals surface area contributed by atoms with Gasteiger partial charge in [-0.1, -0.05) is 6.92 Å². The second-order valence-electron chi connectivity index (χ2n) is 5.80. The first-order chi connectivity index (χ1) is 9.32. The molecule has 2 aliphatic heterocycles. The molecule has 2 fully saturated rings.